The van der Waals surface area contributed by atoms with Gasteiger partial charge in [-0.25, -0.2) is 0 Å². The Morgan fingerprint density at radius 3 is 2.38 bits per heavy atom. The van der Waals surface area contributed by atoms with E-state index in [4.69, 9.17) is 0 Å². The number of hydrogen-bond donors (Lipinski definition) is 0. The van der Waals surface area contributed by atoms with E-state index in [1.807, 2.05) is 0 Å². The first-order valence-corrected chi connectivity index (χ1v) is 10.3. The van der Waals surface area contributed by atoms with Crippen molar-refractivity contribution in [3.05, 3.63) is 71.3 Å². The molecule has 26 heavy (non-hydrogen) atoms. The molecule has 2 aromatic rings. The van der Waals surface area contributed by atoms with Gasteiger partial charge in [-0.05, 0) is 68.8 Å². The summed E-state index contributed by atoms with van der Waals surface area (Å²) in [5, 5.41) is 0. The van der Waals surface area contributed by atoms with Crippen LogP contribution in [0.2, 0.25) is 0 Å². The molecule has 2 aromatic carbocycles. The van der Waals surface area contributed by atoms with Gasteiger partial charge in [0.15, 0.2) is 0 Å². The maximum absolute atomic E-state index is 2.70. The van der Waals surface area contributed by atoms with E-state index in [0.717, 1.165) is 0 Å². The molecule has 0 N–H and O–H groups in total. The zero-order chi connectivity index (χ0) is 17.8. The lowest BCUT2D eigenvalue weighted by Gasteiger charge is -2.51. The van der Waals surface area contributed by atoms with Crippen LogP contribution >= 0.6 is 0 Å². The quantitative estimate of drug-likeness (QED) is 0.735. The lowest BCUT2D eigenvalue weighted by atomic mass is 9.74. The van der Waals surface area contributed by atoms with E-state index < -0.39 is 0 Å². The van der Waals surface area contributed by atoms with Gasteiger partial charge in [-0.15, -0.1) is 0 Å². The van der Waals surface area contributed by atoms with Crippen molar-refractivity contribution in [1.82, 2.24) is 9.80 Å². The van der Waals surface area contributed by atoms with Gasteiger partial charge in [0.2, 0.25) is 0 Å². The van der Waals surface area contributed by atoms with E-state index in [0.29, 0.717) is 0 Å². The van der Waals surface area contributed by atoms with E-state index in [-0.39, 0.29) is 5.54 Å². The van der Waals surface area contributed by atoms with Crippen molar-refractivity contribution in [3.63, 3.8) is 0 Å². The number of nitrogens with zero attached hydrogens (tertiary/aromatic N) is 2. The molecule has 0 amide bonds. The van der Waals surface area contributed by atoms with Crippen molar-refractivity contribution in [3.8, 4) is 0 Å². The highest BCUT2D eigenvalue weighted by Gasteiger charge is 2.42. The smallest absolute Gasteiger partial charge is 0.0484 e. The Kier molecular flexibility index (Phi) is 5.42. The number of likely N-dealkylation sites (tertiary alicyclic amines) is 1. The Morgan fingerprint density at radius 2 is 1.58 bits per heavy atom. The molecule has 0 radical (unpaired) electrons. The van der Waals surface area contributed by atoms with Crippen LogP contribution in [0.3, 0.4) is 0 Å². The SMILES string of the molecule is CN1CCc2ccccc2C12CCN(CCCCc1ccccc1)CC2. The minimum atomic E-state index is 0.287. The molecular weight excluding hydrogens is 316 g/mol. The van der Waals surface area contributed by atoms with Crippen molar-refractivity contribution < 1.29 is 0 Å². The lowest BCUT2D eigenvalue weighted by Crippen LogP contribution is -2.54. The molecule has 0 unspecified atom stereocenters. The second-order valence-electron chi connectivity index (χ2n) is 8.14. The fourth-order valence-electron chi connectivity index (χ4n) is 5.01. The van der Waals surface area contributed by atoms with Crippen LogP contribution in [0.5, 0.6) is 0 Å². The molecule has 1 saturated heterocycles. The number of fused-ring (bicyclic) bond motifs is 2. The molecule has 0 bridgehead atoms. The van der Waals surface area contributed by atoms with Crippen LogP contribution in [0.15, 0.2) is 54.6 Å². The minimum Gasteiger partial charge on any atom is -0.303 e. The number of piperidine rings is 1. The predicted octanol–water partition coefficient (Wildman–Crippen LogP) is 4.49. The Hall–Kier alpha value is -1.64. The molecule has 1 spiro atoms. The summed E-state index contributed by atoms with van der Waals surface area (Å²) in [5.74, 6) is 0. The maximum atomic E-state index is 2.70. The molecule has 2 nitrogen and oxygen atoms in total. The van der Waals surface area contributed by atoms with Crippen LogP contribution in [0.1, 0.15) is 42.4 Å². The van der Waals surface area contributed by atoms with Crippen molar-refractivity contribution >= 4 is 0 Å². The molecule has 138 valence electrons. The Bertz CT molecular complexity index is 701. The van der Waals surface area contributed by atoms with E-state index in [1.165, 1.54) is 70.3 Å². The first-order chi connectivity index (χ1) is 12.8. The van der Waals surface area contributed by atoms with E-state index in [2.05, 4.69) is 71.4 Å². The van der Waals surface area contributed by atoms with Gasteiger partial charge in [0.05, 0.1) is 0 Å². The third-order valence-electron chi connectivity index (χ3n) is 6.68. The first-order valence-electron chi connectivity index (χ1n) is 10.3. The Balaban J connectivity index is 1.30. The van der Waals surface area contributed by atoms with E-state index in [9.17, 15) is 0 Å². The minimum absolute atomic E-state index is 0.287. The fourth-order valence-corrected chi connectivity index (χ4v) is 5.01. The predicted molar refractivity (Wildman–Crippen MR) is 110 cm³/mol. The number of likely N-dealkylation sites (N-methyl/N-ethyl adjacent to an activating group) is 1. The highest BCUT2D eigenvalue weighted by atomic mass is 15.2. The summed E-state index contributed by atoms with van der Waals surface area (Å²) < 4.78 is 0. The van der Waals surface area contributed by atoms with Gasteiger partial charge in [-0.3, -0.25) is 4.90 Å². The van der Waals surface area contributed by atoms with Crippen molar-refractivity contribution in [2.75, 3.05) is 33.2 Å². The van der Waals surface area contributed by atoms with E-state index >= 15 is 0 Å². The van der Waals surface area contributed by atoms with Crippen LogP contribution in [0, 0.1) is 0 Å². The molecule has 0 atom stereocenters. The van der Waals surface area contributed by atoms with Gasteiger partial charge in [-0.2, -0.15) is 0 Å². The fraction of sp³-hybridized carbons (Fsp3) is 0.500. The molecule has 0 aromatic heterocycles. The molecular formula is C24H32N2. The average Bonchev–Trinajstić information content (AvgIpc) is 2.70. The molecule has 1 fully saturated rings. The van der Waals surface area contributed by atoms with Crippen LogP contribution in [-0.4, -0.2) is 43.0 Å². The second kappa shape index (κ2) is 7.94. The third kappa shape index (κ3) is 3.58. The highest BCUT2D eigenvalue weighted by Crippen LogP contribution is 2.42. The normalized spacial score (nSPS) is 20.2. The number of aryl methyl sites for hydroxylation is 1. The Morgan fingerprint density at radius 1 is 0.846 bits per heavy atom. The maximum Gasteiger partial charge on any atom is 0.0484 e. The summed E-state index contributed by atoms with van der Waals surface area (Å²) in [6.07, 6.45) is 7.59. The van der Waals surface area contributed by atoms with Crippen molar-refractivity contribution in [2.45, 2.75) is 44.1 Å². The zero-order valence-electron chi connectivity index (χ0n) is 16.2. The number of benzene rings is 2. The van der Waals surface area contributed by atoms with Crippen LogP contribution < -0.4 is 0 Å². The average molecular weight is 349 g/mol. The molecule has 2 aliphatic rings. The number of rotatable bonds is 5. The van der Waals surface area contributed by atoms with E-state index in [1.54, 1.807) is 11.1 Å². The molecule has 0 aliphatic carbocycles. The standard InChI is InChI=1S/C24H32N2/c1-25-18-14-22-12-5-6-13-23(22)24(25)15-19-26(20-16-24)17-8-7-11-21-9-3-2-4-10-21/h2-6,9-10,12-13H,7-8,11,14-20H2,1H3. The number of hydrogen-bond acceptors (Lipinski definition) is 2. The molecule has 2 aliphatic heterocycles. The summed E-state index contributed by atoms with van der Waals surface area (Å²) in [7, 11) is 2.34. The van der Waals surface area contributed by atoms with Gasteiger partial charge < -0.3 is 4.90 Å². The topological polar surface area (TPSA) is 6.48 Å². The summed E-state index contributed by atoms with van der Waals surface area (Å²) in [4.78, 5) is 5.34. The van der Waals surface area contributed by atoms with Gasteiger partial charge >= 0.3 is 0 Å². The van der Waals surface area contributed by atoms with Gasteiger partial charge in [0.1, 0.15) is 0 Å². The van der Waals surface area contributed by atoms with Crippen LogP contribution in [0.25, 0.3) is 0 Å². The van der Waals surface area contributed by atoms with Crippen LogP contribution in [0.4, 0.5) is 0 Å². The summed E-state index contributed by atoms with van der Waals surface area (Å²) >= 11 is 0. The van der Waals surface area contributed by atoms with Crippen LogP contribution in [-0.2, 0) is 18.4 Å². The zero-order valence-corrected chi connectivity index (χ0v) is 16.2. The monoisotopic (exact) mass is 348 g/mol. The Labute approximate surface area is 158 Å². The highest BCUT2D eigenvalue weighted by molar-refractivity contribution is 5.37. The summed E-state index contributed by atoms with van der Waals surface area (Å²) in [6, 6.07) is 20.1. The molecule has 4 rings (SSSR count). The van der Waals surface area contributed by atoms with Gasteiger partial charge in [0.25, 0.3) is 0 Å². The summed E-state index contributed by atoms with van der Waals surface area (Å²) in [6.45, 7) is 4.94. The van der Waals surface area contributed by atoms with Crippen molar-refractivity contribution in [2.24, 2.45) is 0 Å². The molecule has 0 saturated carbocycles. The van der Waals surface area contributed by atoms with Gasteiger partial charge in [-0.1, -0.05) is 54.6 Å². The van der Waals surface area contributed by atoms with Gasteiger partial charge in [0, 0.05) is 25.2 Å². The molecule has 2 heteroatoms. The summed E-state index contributed by atoms with van der Waals surface area (Å²) in [5.41, 5.74) is 4.96. The lowest BCUT2D eigenvalue weighted by molar-refractivity contribution is 0.0276. The first kappa shape index (κ1) is 17.8. The second-order valence-corrected chi connectivity index (χ2v) is 8.14. The van der Waals surface area contributed by atoms with Crippen molar-refractivity contribution in [1.29, 1.82) is 0 Å². The third-order valence-corrected chi connectivity index (χ3v) is 6.68. The molecule has 2 heterocycles. The largest absolute Gasteiger partial charge is 0.303 e. The number of unbranched alkanes of at least 4 members (excludes halogenated alkanes) is 1.